The molecular formula is C29H33Cl2IN2O7. The van der Waals surface area contributed by atoms with Gasteiger partial charge in [0, 0.05) is 31.2 Å². The van der Waals surface area contributed by atoms with Crippen LogP contribution < -0.4 is 14.8 Å². The standard InChI is InChI=1S/C29H33Cl2IN2O7/c1-16(2)8-26(37)34(14-17-4-5-20(30)21(31)9-17)23-12-19(29(39)33-6-7-35)13-24(27(23)38)41-28-22(32)10-18(15-36)11-25(28)40-3/h4-5,8-11,13,23-24,27,35-36,38H,6-7,12,14-15H2,1-3H3,(H,33,39)/t23-,24+,27+/m1/s1. The zero-order valence-electron chi connectivity index (χ0n) is 22.9. The molecule has 12 heteroatoms. The van der Waals surface area contributed by atoms with Crippen LogP contribution in [0.1, 0.15) is 31.4 Å². The van der Waals surface area contributed by atoms with Gasteiger partial charge in [0.05, 0.1) is 40.0 Å². The van der Waals surface area contributed by atoms with Crippen molar-refractivity contribution in [3.63, 3.8) is 0 Å². The number of carbonyl (C=O) groups excluding carboxylic acids is 2. The minimum atomic E-state index is -1.25. The smallest absolute Gasteiger partial charge is 0.247 e. The summed E-state index contributed by atoms with van der Waals surface area (Å²) in [5, 5.41) is 33.8. The lowest BCUT2D eigenvalue weighted by molar-refractivity contribution is -0.134. The number of rotatable bonds is 11. The van der Waals surface area contributed by atoms with Crippen LogP contribution in [0.4, 0.5) is 0 Å². The van der Waals surface area contributed by atoms with Gasteiger partial charge in [-0.2, -0.15) is 0 Å². The molecule has 2 aromatic carbocycles. The van der Waals surface area contributed by atoms with Crippen LogP contribution in [0.25, 0.3) is 0 Å². The van der Waals surface area contributed by atoms with Gasteiger partial charge in [-0.25, -0.2) is 0 Å². The number of methoxy groups -OCH3 is 1. The Bertz CT molecular complexity index is 1330. The first-order valence-electron chi connectivity index (χ1n) is 12.8. The minimum Gasteiger partial charge on any atom is -0.493 e. The van der Waals surface area contributed by atoms with E-state index in [-0.39, 0.29) is 44.2 Å². The fourth-order valence-electron chi connectivity index (χ4n) is 4.42. The number of halogens is 3. The molecule has 3 atom stereocenters. The van der Waals surface area contributed by atoms with Gasteiger partial charge in [0.25, 0.3) is 0 Å². The van der Waals surface area contributed by atoms with Crippen molar-refractivity contribution in [2.45, 2.75) is 51.7 Å². The summed E-state index contributed by atoms with van der Waals surface area (Å²) in [6, 6.07) is 7.48. The topological polar surface area (TPSA) is 129 Å². The molecular weight excluding hydrogens is 686 g/mol. The normalized spacial score (nSPS) is 18.3. The average Bonchev–Trinajstić information content (AvgIpc) is 2.93. The fourth-order valence-corrected chi connectivity index (χ4v) is 5.53. The predicted molar refractivity (Wildman–Crippen MR) is 165 cm³/mol. The number of ether oxygens (including phenoxy) is 2. The van der Waals surface area contributed by atoms with Gasteiger partial charge in [-0.15, -0.1) is 0 Å². The van der Waals surface area contributed by atoms with Gasteiger partial charge >= 0.3 is 0 Å². The van der Waals surface area contributed by atoms with Crippen molar-refractivity contribution in [3.8, 4) is 11.5 Å². The summed E-state index contributed by atoms with van der Waals surface area (Å²) in [7, 11) is 1.46. The number of allylic oxidation sites excluding steroid dienone is 1. The molecule has 1 aliphatic rings. The van der Waals surface area contributed by atoms with E-state index >= 15 is 0 Å². The molecule has 0 spiro atoms. The maximum atomic E-state index is 13.5. The van der Waals surface area contributed by atoms with Crippen molar-refractivity contribution < 1.29 is 34.4 Å². The molecule has 0 saturated heterocycles. The van der Waals surface area contributed by atoms with Crippen molar-refractivity contribution in [2.75, 3.05) is 20.3 Å². The Labute approximate surface area is 262 Å². The molecule has 0 fully saturated rings. The molecule has 2 amide bonds. The van der Waals surface area contributed by atoms with Gasteiger partial charge in [-0.05, 0) is 77.9 Å². The lowest BCUT2D eigenvalue weighted by atomic mass is 9.87. The maximum absolute atomic E-state index is 13.5. The zero-order chi connectivity index (χ0) is 30.3. The zero-order valence-corrected chi connectivity index (χ0v) is 26.5. The highest BCUT2D eigenvalue weighted by molar-refractivity contribution is 14.1. The van der Waals surface area contributed by atoms with Crippen molar-refractivity contribution in [2.24, 2.45) is 0 Å². The number of nitrogens with one attached hydrogen (secondary N) is 1. The molecule has 2 aromatic rings. The molecule has 0 unspecified atom stereocenters. The molecule has 3 rings (SSSR count). The third kappa shape index (κ3) is 8.59. The van der Waals surface area contributed by atoms with Gasteiger partial charge in [-0.3, -0.25) is 9.59 Å². The monoisotopic (exact) mass is 718 g/mol. The summed E-state index contributed by atoms with van der Waals surface area (Å²) >= 11 is 14.4. The first-order valence-corrected chi connectivity index (χ1v) is 14.6. The number of carbonyl (C=O) groups is 2. The summed E-state index contributed by atoms with van der Waals surface area (Å²) in [6.07, 6.45) is 0.705. The molecule has 0 saturated carbocycles. The molecule has 0 radical (unpaired) electrons. The summed E-state index contributed by atoms with van der Waals surface area (Å²) in [5.41, 5.74) is 2.33. The number of aliphatic hydroxyl groups excluding tert-OH is 3. The molecule has 1 aliphatic carbocycles. The number of aliphatic hydroxyl groups is 3. The van der Waals surface area contributed by atoms with Crippen LogP contribution in [-0.2, 0) is 22.7 Å². The Hall–Kier alpha value is -2.35. The van der Waals surface area contributed by atoms with Crippen LogP contribution >= 0.6 is 45.8 Å². The van der Waals surface area contributed by atoms with E-state index < -0.39 is 24.2 Å². The van der Waals surface area contributed by atoms with E-state index in [1.807, 2.05) is 22.6 Å². The average molecular weight is 719 g/mol. The third-order valence-electron chi connectivity index (χ3n) is 6.37. The van der Waals surface area contributed by atoms with Crippen LogP contribution in [0.5, 0.6) is 11.5 Å². The molecule has 41 heavy (non-hydrogen) atoms. The molecule has 0 aliphatic heterocycles. The van der Waals surface area contributed by atoms with Crippen LogP contribution in [0.2, 0.25) is 10.0 Å². The highest BCUT2D eigenvalue weighted by atomic mass is 127. The minimum absolute atomic E-state index is 0.0274. The lowest BCUT2D eigenvalue weighted by Gasteiger charge is -2.40. The highest BCUT2D eigenvalue weighted by Gasteiger charge is 2.40. The molecule has 0 heterocycles. The summed E-state index contributed by atoms with van der Waals surface area (Å²) < 4.78 is 12.4. The highest BCUT2D eigenvalue weighted by Crippen LogP contribution is 2.37. The van der Waals surface area contributed by atoms with Gasteiger partial charge < -0.3 is 35.0 Å². The van der Waals surface area contributed by atoms with E-state index in [9.17, 15) is 24.9 Å². The molecule has 0 bridgehead atoms. The first kappa shape index (κ1) is 33.2. The van der Waals surface area contributed by atoms with Gasteiger partial charge in [0.15, 0.2) is 11.5 Å². The number of amides is 2. The van der Waals surface area contributed by atoms with Crippen LogP contribution in [0.3, 0.4) is 0 Å². The predicted octanol–water partition coefficient (Wildman–Crippen LogP) is 4.01. The second-order valence-corrected chi connectivity index (χ2v) is 11.7. The number of hydrogen-bond donors (Lipinski definition) is 4. The van der Waals surface area contributed by atoms with E-state index in [1.165, 1.54) is 24.2 Å². The van der Waals surface area contributed by atoms with Gasteiger partial charge in [-0.1, -0.05) is 34.8 Å². The largest absolute Gasteiger partial charge is 0.493 e. The Kier molecular flexibility index (Phi) is 12.3. The summed E-state index contributed by atoms with van der Waals surface area (Å²) in [6.45, 7) is 3.23. The fraction of sp³-hybridized carbons (Fsp3) is 0.379. The van der Waals surface area contributed by atoms with Crippen molar-refractivity contribution >= 4 is 57.6 Å². The first-order chi connectivity index (χ1) is 19.5. The van der Waals surface area contributed by atoms with Gasteiger partial charge in [0.1, 0.15) is 12.2 Å². The van der Waals surface area contributed by atoms with Gasteiger partial charge in [0.2, 0.25) is 11.8 Å². The second kappa shape index (κ2) is 15.2. The Morgan fingerprint density at radius 3 is 2.49 bits per heavy atom. The van der Waals surface area contributed by atoms with Crippen LogP contribution in [0.15, 0.2) is 53.6 Å². The van der Waals surface area contributed by atoms with Crippen LogP contribution in [-0.4, -0.2) is 70.5 Å². The Morgan fingerprint density at radius 1 is 1.15 bits per heavy atom. The number of benzene rings is 2. The third-order valence-corrected chi connectivity index (χ3v) is 7.91. The van der Waals surface area contributed by atoms with E-state index in [0.717, 1.165) is 5.57 Å². The molecule has 9 nitrogen and oxygen atoms in total. The SMILES string of the molecule is COc1cc(CO)cc(I)c1O[C@H]1C=C(C(=O)NCCO)C[C@@H](N(Cc2ccc(Cl)c(Cl)c2)C(=O)C=C(C)C)[C@@H]1O. The maximum Gasteiger partial charge on any atom is 0.247 e. The molecule has 4 N–H and O–H groups in total. The van der Waals surface area contributed by atoms with Crippen LogP contribution in [0, 0.1) is 3.57 Å². The lowest BCUT2D eigenvalue weighted by Crippen LogP contribution is -2.54. The van der Waals surface area contributed by atoms with Crippen molar-refractivity contribution in [3.05, 3.63) is 78.4 Å². The Morgan fingerprint density at radius 2 is 1.88 bits per heavy atom. The van der Waals surface area contributed by atoms with E-state index in [2.05, 4.69) is 5.32 Å². The molecule has 222 valence electrons. The summed E-state index contributed by atoms with van der Waals surface area (Å²) in [5.74, 6) is -0.169. The van der Waals surface area contributed by atoms with E-state index in [4.69, 9.17) is 32.7 Å². The Balaban J connectivity index is 2.08. The van der Waals surface area contributed by atoms with E-state index in [0.29, 0.717) is 36.2 Å². The number of nitrogens with zero attached hydrogens (tertiary/aromatic N) is 1. The summed E-state index contributed by atoms with van der Waals surface area (Å²) in [4.78, 5) is 28.1. The number of hydrogen-bond acceptors (Lipinski definition) is 7. The second-order valence-electron chi connectivity index (χ2n) is 9.72. The quantitative estimate of drug-likeness (QED) is 0.204. The molecule has 0 aromatic heterocycles. The van der Waals surface area contributed by atoms with E-state index in [1.54, 1.807) is 44.2 Å². The van der Waals surface area contributed by atoms with Crippen molar-refractivity contribution in [1.82, 2.24) is 10.2 Å². The van der Waals surface area contributed by atoms with Crippen molar-refractivity contribution in [1.29, 1.82) is 0 Å².